The maximum absolute atomic E-state index is 4.27. The van der Waals surface area contributed by atoms with Crippen molar-refractivity contribution in [1.82, 2.24) is 30.5 Å². The molecule has 2 rings (SSSR count). The average Bonchev–Trinajstić information content (AvgIpc) is 2.73. The molecule has 0 radical (unpaired) electrons. The van der Waals surface area contributed by atoms with Gasteiger partial charge < -0.3 is 5.32 Å². The molecular weight excluding hydrogens is 204 g/mol. The summed E-state index contributed by atoms with van der Waals surface area (Å²) >= 11 is 0. The molecule has 2 heterocycles. The second-order valence-electron chi connectivity index (χ2n) is 3.55. The van der Waals surface area contributed by atoms with Crippen LogP contribution in [0.25, 0.3) is 0 Å². The van der Waals surface area contributed by atoms with Crippen LogP contribution in [0.2, 0.25) is 0 Å². The largest absolute Gasteiger partial charge is 0.302 e. The molecule has 1 N–H and O–H groups in total. The lowest BCUT2D eigenvalue weighted by atomic mass is 10.2. The van der Waals surface area contributed by atoms with Gasteiger partial charge in [-0.15, -0.1) is 10.2 Å². The van der Waals surface area contributed by atoms with E-state index in [1.807, 2.05) is 18.2 Å². The fourth-order valence-corrected chi connectivity index (χ4v) is 1.38. The lowest BCUT2D eigenvalue weighted by molar-refractivity contribution is 0.544. The number of rotatable bonds is 4. The van der Waals surface area contributed by atoms with E-state index in [9.17, 15) is 0 Å². The van der Waals surface area contributed by atoms with Gasteiger partial charge in [0.2, 0.25) is 0 Å². The molecule has 0 amide bonds. The van der Waals surface area contributed by atoms with E-state index in [0.717, 1.165) is 5.69 Å². The second-order valence-corrected chi connectivity index (χ2v) is 3.55. The Morgan fingerprint density at radius 3 is 2.94 bits per heavy atom. The predicted octanol–water partition coefficient (Wildman–Crippen LogP) is 0.456. The highest BCUT2D eigenvalue weighted by molar-refractivity contribution is 5.07. The standard InChI is InChI=1S/C10H14N6/c1-8(9-5-3-4-6-11-9)12-7-10-13-15-16(2)14-10/h3-6,8,12H,7H2,1-2H3/t8-/m0/s1. The molecule has 0 aromatic carbocycles. The Morgan fingerprint density at radius 2 is 2.31 bits per heavy atom. The summed E-state index contributed by atoms with van der Waals surface area (Å²) in [5.41, 5.74) is 1.01. The molecule has 6 nitrogen and oxygen atoms in total. The van der Waals surface area contributed by atoms with Gasteiger partial charge in [-0.3, -0.25) is 4.98 Å². The maximum Gasteiger partial charge on any atom is 0.188 e. The molecule has 0 fully saturated rings. The summed E-state index contributed by atoms with van der Waals surface area (Å²) in [5.74, 6) is 0.685. The average molecular weight is 218 g/mol. The molecule has 6 heteroatoms. The third-order valence-corrected chi connectivity index (χ3v) is 2.25. The van der Waals surface area contributed by atoms with E-state index in [1.165, 1.54) is 4.80 Å². The van der Waals surface area contributed by atoms with E-state index in [-0.39, 0.29) is 6.04 Å². The van der Waals surface area contributed by atoms with Gasteiger partial charge in [-0.2, -0.15) is 4.80 Å². The van der Waals surface area contributed by atoms with E-state index in [2.05, 4.69) is 32.6 Å². The fraction of sp³-hybridized carbons (Fsp3) is 0.400. The molecule has 2 aromatic heterocycles. The monoisotopic (exact) mass is 218 g/mol. The van der Waals surface area contributed by atoms with Gasteiger partial charge in [-0.25, -0.2) is 0 Å². The zero-order chi connectivity index (χ0) is 11.4. The van der Waals surface area contributed by atoms with Crippen molar-refractivity contribution in [1.29, 1.82) is 0 Å². The van der Waals surface area contributed by atoms with Gasteiger partial charge in [-0.1, -0.05) is 6.07 Å². The van der Waals surface area contributed by atoms with E-state index in [4.69, 9.17) is 0 Å². The van der Waals surface area contributed by atoms with E-state index in [1.54, 1.807) is 13.2 Å². The summed E-state index contributed by atoms with van der Waals surface area (Å²) in [6.45, 7) is 2.64. The van der Waals surface area contributed by atoms with E-state index >= 15 is 0 Å². The molecule has 0 unspecified atom stereocenters. The number of aryl methyl sites for hydroxylation is 1. The first-order chi connectivity index (χ1) is 7.75. The van der Waals surface area contributed by atoms with Crippen molar-refractivity contribution in [2.45, 2.75) is 19.5 Å². The lowest BCUT2D eigenvalue weighted by Gasteiger charge is -2.10. The molecular formula is C10H14N6. The number of hydrogen-bond acceptors (Lipinski definition) is 5. The Balaban J connectivity index is 1.91. The van der Waals surface area contributed by atoms with E-state index in [0.29, 0.717) is 12.4 Å². The normalized spacial score (nSPS) is 12.6. The molecule has 0 spiro atoms. The van der Waals surface area contributed by atoms with Crippen molar-refractivity contribution >= 4 is 0 Å². The maximum atomic E-state index is 4.27. The van der Waals surface area contributed by atoms with Gasteiger partial charge in [0.15, 0.2) is 5.82 Å². The summed E-state index contributed by atoms with van der Waals surface area (Å²) in [5, 5.41) is 15.0. The van der Waals surface area contributed by atoms with Crippen LogP contribution in [0.1, 0.15) is 24.5 Å². The number of pyridine rings is 1. The van der Waals surface area contributed by atoms with Crippen LogP contribution in [0.3, 0.4) is 0 Å². The van der Waals surface area contributed by atoms with Crippen molar-refractivity contribution in [3.8, 4) is 0 Å². The molecule has 16 heavy (non-hydrogen) atoms. The summed E-state index contributed by atoms with van der Waals surface area (Å²) in [6.07, 6.45) is 1.79. The summed E-state index contributed by atoms with van der Waals surface area (Å²) in [6, 6.07) is 6.04. The summed E-state index contributed by atoms with van der Waals surface area (Å²) < 4.78 is 0. The molecule has 0 aliphatic heterocycles. The highest BCUT2D eigenvalue weighted by Gasteiger charge is 2.07. The van der Waals surface area contributed by atoms with Crippen molar-refractivity contribution in [2.24, 2.45) is 7.05 Å². The number of aromatic nitrogens is 5. The van der Waals surface area contributed by atoms with Gasteiger partial charge in [0.1, 0.15) is 0 Å². The molecule has 0 bridgehead atoms. The Hall–Kier alpha value is -1.82. The van der Waals surface area contributed by atoms with E-state index < -0.39 is 0 Å². The Morgan fingerprint density at radius 1 is 1.44 bits per heavy atom. The molecule has 2 aromatic rings. The summed E-state index contributed by atoms with van der Waals surface area (Å²) in [4.78, 5) is 5.72. The number of tetrazole rings is 1. The van der Waals surface area contributed by atoms with Crippen molar-refractivity contribution in [3.63, 3.8) is 0 Å². The fourth-order valence-electron chi connectivity index (χ4n) is 1.38. The van der Waals surface area contributed by atoms with Crippen LogP contribution in [-0.2, 0) is 13.6 Å². The molecule has 0 aliphatic rings. The number of nitrogens with zero attached hydrogens (tertiary/aromatic N) is 5. The second kappa shape index (κ2) is 4.80. The van der Waals surface area contributed by atoms with Gasteiger partial charge in [0, 0.05) is 12.2 Å². The molecule has 84 valence electrons. The molecule has 0 saturated carbocycles. The highest BCUT2D eigenvalue weighted by Crippen LogP contribution is 2.07. The minimum Gasteiger partial charge on any atom is -0.302 e. The number of nitrogens with one attached hydrogen (secondary N) is 1. The zero-order valence-corrected chi connectivity index (χ0v) is 9.33. The summed E-state index contributed by atoms with van der Waals surface area (Å²) in [7, 11) is 1.75. The molecule has 0 aliphatic carbocycles. The van der Waals surface area contributed by atoms with Crippen LogP contribution in [-0.4, -0.2) is 25.2 Å². The van der Waals surface area contributed by atoms with Crippen LogP contribution < -0.4 is 5.32 Å². The Labute approximate surface area is 93.7 Å². The predicted molar refractivity (Wildman–Crippen MR) is 58.3 cm³/mol. The number of hydrogen-bond donors (Lipinski definition) is 1. The van der Waals surface area contributed by atoms with Crippen LogP contribution in [0.15, 0.2) is 24.4 Å². The van der Waals surface area contributed by atoms with Gasteiger partial charge >= 0.3 is 0 Å². The first kappa shape index (κ1) is 10.7. The quantitative estimate of drug-likeness (QED) is 0.807. The smallest absolute Gasteiger partial charge is 0.188 e. The third kappa shape index (κ3) is 2.60. The molecule has 1 atom stereocenters. The minimum absolute atomic E-state index is 0.171. The van der Waals surface area contributed by atoms with Gasteiger partial charge in [0.05, 0.1) is 19.3 Å². The first-order valence-corrected chi connectivity index (χ1v) is 5.13. The van der Waals surface area contributed by atoms with Crippen molar-refractivity contribution in [2.75, 3.05) is 0 Å². The highest BCUT2D eigenvalue weighted by atomic mass is 15.6. The Kier molecular flexibility index (Phi) is 3.21. The van der Waals surface area contributed by atoms with Crippen molar-refractivity contribution < 1.29 is 0 Å². The van der Waals surface area contributed by atoms with Crippen LogP contribution in [0.4, 0.5) is 0 Å². The van der Waals surface area contributed by atoms with Crippen LogP contribution in [0.5, 0.6) is 0 Å². The first-order valence-electron chi connectivity index (χ1n) is 5.13. The van der Waals surface area contributed by atoms with Crippen molar-refractivity contribution in [3.05, 3.63) is 35.9 Å². The van der Waals surface area contributed by atoms with Crippen LogP contribution in [0, 0.1) is 0 Å². The van der Waals surface area contributed by atoms with Gasteiger partial charge in [0.25, 0.3) is 0 Å². The Bertz CT molecular complexity index is 438. The molecule has 0 saturated heterocycles. The SMILES string of the molecule is C[C@H](NCc1nnn(C)n1)c1ccccn1. The lowest BCUT2D eigenvalue weighted by Crippen LogP contribution is -2.19. The third-order valence-electron chi connectivity index (χ3n) is 2.25. The van der Waals surface area contributed by atoms with Gasteiger partial charge in [-0.05, 0) is 24.3 Å². The zero-order valence-electron chi connectivity index (χ0n) is 9.33. The van der Waals surface area contributed by atoms with Crippen LogP contribution >= 0.6 is 0 Å². The topological polar surface area (TPSA) is 68.5 Å². The minimum atomic E-state index is 0.171.